The number of hydrogen-bond acceptors (Lipinski definition) is 4. The summed E-state index contributed by atoms with van der Waals surface area (Å²) in [6, 6.07) is 5.33. The minimum absolute atomic E-state index is 0.197. The Labute approximate surface area is 105 Å². The van der Waals surface area contributed by atoms with Crippen molar-refractivity contribution < 1.29 is 4.79 Å². The highest BCUT2D eigenvalue weighted by molar-refractivity contribution is 6.03. The number of aromatic nitrogens is 3. The lowest BCUT2D eigenvalue weighted by atomic mass is 10.3. The molecule has 0 atom stereocenters. The average Bonchev–Trinajstić information content (AvgIpc) is 2.69. The standard InChI is InChI=1S/C12H15N5O/c1-8-6-10(17(3)16-8)12(18)15-9-4-5-11(13-2)14-7-9/h4-7H,1-3H3,(H,13,14)(H,15,18). The van der Waals surface area contributed by atoms with Crippen LogP contribution in [0.1, 0.15) is 16.2 Å². The van der Waals surface area contributed by atoms with Gasteiger partial charge in [0.05, 0.1) is 17.6 Å². The second-order valence-corrected chi connectivity index (χ2v) is 3.93. The topological polar surface area (TPSA) is 71.8 Å². The molecule has 0 bridgehead atoms. The maximum absolute atomic E-state index is 12.0. The monoisotopic (exact) mass is 245 g/mol. The van der Waals surface area contributed by atoms with E-state index < -0.39 is 0 Å². The predicted octanol–water partition coefficient (Wildman–Crippen LogP) is 1.42. The van der Waals surface area contributed by atoms with Crippen LogP contribution in [0.4, 0.5) is 11.5 Å². The molecule has 0 radical (unpaired) electrons. The maximum atomic E-state index is 12.0. The minimum Gasteiger partial charge on any atom is -0.373 e. The van der Waals surface area contributed by atoms with Crippen molar-refractivity contribution in [3.63, 3.8) is 0 Å². The van der Waals surface area contributed by atoms with Crippen LogP contribution in [0.3, 0.4) is 0 Å². The quantitative estimate of drug-likeness (QED) is 0.857. The molecule has 0 aromatic carbocycles. The first-order chi connectivity index (χ1) is 8.60. The van der Waals surface area contributed by atoms with Crippen molar-refractivity contribution in [1.29, 1.82) is 0 Å². The summed E-state index contributed by atoms with van der Waals surface area (Å²) in [5.41, 5.74) is 1.98. The van der Waals surface area contributed by atoms with E-state index >= 15 is 0 Å². The molecule has 2 aromatic rings. The average molecular weight is 245 g/mol. The molecule has 6 heteroatoms. The molecule has 0 spiro atoms. The molecule has 6 nitrogen and oxygen atoms in total. The predicted molar refractivity (Wildman–Crippen MR) is 69.7 cm³/mol. The van der Waals surface area contributed by atoms with Crippen LogP contribution >= 0.6 is 0 Å². The highest BCUT2D eigenvalue weighted by Gasteiger charge is 2.11. The molecule has 0 fully saturated rings. The summed E-state index contributed by atoms with van der Waals surface area (Å²) < 4.78 is 1.56. The molecule has 0 aliphatic heterocycles. The Hall–Kier alpha value is -2.37. The van der Waals surface area contributed by atoms with Crippen LogP contribution in [0.25, 0.3) is 0 Å². The Morgan fingerprint density at radius 1 is 1.39 bits per heavy atom. The SMILES string of the molecule is CNc1ccc(NC(=O)c2cc(C)nn2C)cn1. The van der Waals surface area contributed by atoms with Crippen molar-refractivity contribution in [2.75, 3.05) is 17.7 Å². The van der Waals surface area contributed by atoms with Gasteiger partial charge in [0.2, 0.25) is 0 Å². The van der Waals surface area contributed by atoms with Gasteiger partial charge in [-0.15, -0.1) is 0 Å². The number of aryl methyl sites for hydroxylation is 2. The summed E-state index contributed by atoms with van der Waals surface area (Å²) in [5.74, 6) is 0.557. The number of nitrogens with one attached hydrogen (secondary N) is 2. The van der Waals surface area contributed by atoms with Crippen LogP contribution < -0.4 is 10.6 Å². The van der Waals surface area contributed by atoms with Crippen LogP contribution in [0, 0.1) is 6.92 Å². The van der Waals surface area contributed by atoms with Gasteiger partial charge in [0.15, 0.2) is 0 Å². The van der Waals surface area contributed by atoms with Gasteiger partial charge in [-0.1, -0.05) is 0 Å². The molecular weight excluding hydrogens is 230 g/mol. The molecule has 94 valence electrons. The fourth-order valence-corrected chi connectivity index (χ4v) is 1.63. The van der Waals surface area contributed by atoms with Crippen LogP contribution in [0.2, 0.25) is 0 Å². The van der Waals surface area contributed by atoms with E-state index in [1.54, 1.807) is 43.2 Å². The fraction of sp³-hybridized carbons (Fsp3) is 0.250. The molecule has 0 saturated heterocycles. The molecule has 0 aliphatic rings. The van der Waals surface area contributed by atoms with Gasteiger partial charge in [-0.3, -0.25) is 9.48 Å². The normalized spacial score (nSPS) is 10.2. The third-order valence-corrected chi connectivity index (χ3v) is 2.51. The molecule has 2 heterocycles. The lowest BCUT2D eigenvalue weighted by Crippen LogP contribution is -2.16. The van der Waals surface area contributed by atoms with Crippen molar-refractivity contribution >= 4 is 17.4 Å². The van der Waals surface area contributed by atoms with Crippen molar-refractivity contribution in [3.05, 3.63) is 35.8 Å². The van der Waals surface area contributed by atoms with Crippen LogP contribution in [0.5, 0.6) is 0 Å². The third kappa shape index (κ3) is 2.48. The Kier molecular flexibility index (Phi) is 3.27. The number of carbonyl (C=O) groups is 1. The highest BCUT2D eigenvalue weighted by Crippen LogP contribution is 2.11. The first-order valence-electron chi connectivity index (χ1n) is 5.56. The lowest BCUT2D eigenvalue weighted by Gasteiger charge is -2.05. The molecular formula is C12H15N5O. The van der Waals surface area contributed by atoms with E-state index in [0.29, 0.717) is 11.4 Å². The van der Waals surface area contributed by atoms with Crippen LogP contribution in [-0.2, 0) is 7.05 Å². The van der Waals surface area contributed by atoms with Gasteiger partial charge >= 0.3 is 0 Å². The third-order valence-electron chi connectivity index (χ3n) is 2.51. The molecule has 0 unspecified atom stereocenters. The highest BCUT2D eigenvalue weighted by atomic mass is 16.2. The summed E-state index contributed by atoms with van der Waals surface area (Å²) in [4.78, 5) is 16.1. The summed E-state index contributed by atoms with van der Waals surface area (Å²) >= 11 is 0. The summed E-state index contributed by atoms with van der Waals surface area (Å²) in [6.07, 6.45) is 1.60. The molecule has 2 rings (SSSR count). The number of anilines is 2. The maximum Gasteiger partial charge on any atom is 0.273 e. The molecule has 0 aliphatic carbocycles. The second-order valence-electron chi connectivity index (χ2n) is 3.93. The molecule has 1 amide bonds. The second kappa shape index (κ2) is 4.87. The Bertz CT molecular complexity index is 558. The zero-order valence-corrected chi connectivity index (χ0v) is 10.6. The lowest BCUT2D eigenvalue weighted by molar-refractivity contribution is 0.101. The first-order valence-corrected chi connectivity index (χ1v) is 5.56. The van der Waals surface area contributed by atoms with Gasteiger partial charge in [0.25, 0.3) is 5.91 Å². The van der Waals surface area contributed by atoms with E-state index in [9.17, 15) is 4.79 Å². The first kappa shape index (κ1) is 12.1. The fourth-order valence-electron chi connectivity index (χ4n) is 1.63. The van der Waals surface area contributed by atoms with Crippen LogP contribution in [0.15, 0.2) is 24.4 Å². The molecule has 2 N–H and O–H groups in total. The molecule has 0 saturated carbocycles. The van der Waals surface area contributed by atoms with Gasteiger partial charge < -0.3 is 10.6 Å². The van der Waals surface area contributed by atoms with Gasteiger partial charge in [0.1, 0.15) is 11.5 Å². The van der Waals surface area contributed by atoms with Gasteiger partial charge in [-0.05, 0) is 25.1 Å². The zero-order valence-electron chi connectivity index (χ0n) is 10.6. The van der Waals surface area contributed by atoms with Gasteiger partial charge in [0, 0.05) is 14.1 Å². The number of carbonyl (C=O) groups excluding carboxylic acids is 1. The largest absolute Gasteiger partial charge is 0.373 e. The van der Waals surface area contributed by atoms with Gasteiger partial charge in [-0.25, -0.2) is 4.98 Å². The molecule has 2 aromatic heterocycles. The zero-order chi connectivity index (χ0) is 13.1. The van der Waals surface area contributed by atoms with Crippen molar-refractivity contribution in [3.8, 4) is 0 Å². The molecule has 18 heavy (non-hydrogen) atoms. The van der Waals surface area contributed by atoms with Crippen LogP contribution in [-0.4, -0.2) is 27.7 Å². The summed E-state index contributed by atoms with van der Waals surface area (Å²) in [5, 5.41) is 9.82. The Morgan fingerprint density at radius 3 is 2.67 bits per heavy atom. The van der Waals surface area contributed by atoms with E-state index in [0.717, 1.165) is 11.5 Å². The van der Waals surface area contributed by atoms with Gasteiger partial charge in [-0.2, -0.15) is 5.10 Å². The number of nitrogens with zero attached hydrogens (tertiary/aromatic N) is 3. The summed E-state index contributed by atoms with van der Waals surface area (Å²) in [7, 11) is 3.53. The van der Waals surface area contributed by atoms with E-state index in [2.05, 4.69) is 20.7 Å². The number of hydrogen-bond donors (Lipinski definition) is 2. The minimum atomic E-state index is -0.197. The van der Waals surface area contributed by atoms with E-state index in [-0.39, 0.29) is 5.91 Å². The van der Waals surface area contributed by atoms with Crippen molar-refractivity contribution in [2.24, 2.45) is 7.05 Å². The Balaban J connectivity index is 2.13. The number of rotatable bonds is 3. The summed E-state index contributed by atoms with van der Waals surface area (Å²) in [6.45, 7) is 1.85. The van der Waals surface area contributed by atoms with Crippen molar-refractivity contribution in [1.82, 2.24) is 14.8 Å². The number of amides is 1. The van der Waals surface area contributed by atoms with E-state index in [4.69, 9.17) is 0 Å². The van der Waals surface area contributed by atoms with E-state index in [1.807, 2.05) is 6.92 Å². The van der Waals surface area contributed by atoms with E-state index in [1.165, 1.54) is 0 Å². The number of pyridine rings is 1. The smallest absolute Gasteiger partial charge is 0.273 e. The van der Waals surface area contributed by atoms with Crippen molar-refractivity contribution in [2.45, 2.75) is 6.92 Å². The Morgan fingerprint density at radius 2 is 2.17 bits per heavy atom.